The predicted molar refractivity (Wildman–Crippen MR) is 69.2 cm³/mol. The number of amides is 1. The van der Waals surface area contributed by atoms with Crippen LogP contribution in [0, 0.1) is 10.1 Å². The summed E-state index contributed by atoms with van der Waals surface area (Å²) >= 11 is 0. The van der Waals surface area contributed by atoms with Crippen molar-refractivity contribution in [3.8, 4) is 0 Å². The maximum atomic E-state index is 12.0. The number of anilines is 2. The molecule has 98 valence electrons. The van der Waals surface area contributed by atoms with E-state index >= 15 is 0 Å². The molecule has 8 heteroatoms. The van der Waals surface area contributed by atoms with E-state index in [2.05, 4.69) is 20.8 Å². The molecule has 0 spiro atoms. The smallest absolute Gasteiger partial charge is 0.282 e. The zero-order valence-electron chi connectivity index (χ0n) is 10.0. The number of hydrogen-bond donors (Lipinski definition) is 3. The van der Waals surface area contributed by atoms with E-state index in [-0.39, 0.29) is 11.3 Å². The highest BCUT2D eigenvalue weighted by Gasteiger charge is 2.20. The number of nitrogens with one attached hydrogen (secondary N) is 3. The van der Waals surface area contributed by atoms with Crippen LogP contribution >= 0.6 is 0 Å². The molecule has 3 N–H and O–H groups in total. The Morgan fingerprint density at radius 3 is 2.79 bits per heavy atom. The van der Waals surface area contributed by atoms with Gasteiger partial charge in [-0.05, 0) is 12.1 Å². The van der Waals surface area contributed by atoms with E-state index in [1.54, 1.807) is 7.05 Å². The van der Waals surface area contributed by atoms with E-state index in [1.807, 2.05) is 0 Å². The number of aromatic nitrogens is 2. The zero-order valence-corrected chi connectivity index (χ0v) is 10.0. The molecule has 1 heterocycles. The minimum Gasteiger partial charge on any atom is -0.388 e. The molecule has 1 aromatic carbocycles. The first kappa shape index (κ1) is 12.6. The van der Waals surface area contributed by atoms with Crippen molar-refractivity contribution in [2.45, 2.75) is 0 Å². The van der Waals surface area contributed by atoms with E-state index < -0.39 is 10.8 Å². The average molecular weight is 261 g/mol. The SMILES string of the molecule is CNc1ccc([N+](=O)[O-])c(C(=O)Nc2cn[nH]c2)c1. The second kappa shape index (κ2) is 5.17. The number of carbonyl (C=O) groups excluding carboxylic acids is 1. The second-order valence-corrected chi connectivity index (χ2v) is 3.68. The third kappa shape index (κ3) is 2.68. The number of H-pyrrole nitrogens is 1. The summed E-state index contributed by atoms with van der Waals surface area (Å²) in [6.45, 7) is 0. The summed E-state index contributed by atoms with van der Waals surface area (Å²) in [4.78, 5) is 22.3. The molecule has 8 nitrogen and oxygen atoms in total. The molecule has 0 saturated heterocycles. The first-order valence-corrected chi connectivity index (χ1v) is 5.38. The Balaban J connectivity index is 2.35. The monoisotopic (exact) mass is 261 g/mol. The van der Waals surface area contributed by atoms with Crippen molar-refractivity contribution in [2.75, 3.05) is 17.7 Å². The van der Waals surface area contributed by atoms with E-state index in [4.69, 9.17) is 0 Å². The van der Waals surface area contributed by atoms with E-state index in [9.17, 15) is 14.9 Å². The highest BCUT2D eigenvalue weighted by molar-refractivity contribution is 6.07. The highest BCUT2D eigenvalue weighted by Crippen LogP contribution is 2.23. The van der Waals surface area contributed by atoms with E-state index in [0.717, 1.165) is 0 Å². The minimum atomic E-state index is -0.594. The van der Waals surface area contributed by atoms with Gasteiger partial charge in [0.15, 0.2) is 0 Å². The molecule has 1 amide bonds. The van der Waals surface area contributed by atoms with Crippen LogP contribution in [0.15, 0.2) is 30.6 Å². The van der Waals surface area contributed by atoms with Gasteiger partial charge < -0.3 is 10.6 Å². The Hall–Kier alpha value is -2.90. The number of benzene rings is 1. The fourth-order valence-electron chi connectivity index (χ4n) is 1.55. The van der Waals surface area contributed by atoms with Crippen molar-refractivity contribution in [3.05, 3.63) is 46.3 Å². The first-order chi connectivity index (χ1) is 9.11. The van der Waals surface area contributed by atoms with Crippen LogP contribution in [0.1, 0.15) is 10.4 Å². The molecule has 2 rings (SSSR count). The molecule has 0 atom stereocenters. The summed E-state index contributed by atoms with van der Waals surface area (Å²) in [6.07, 6.45) is 2.89. The van der Waals surface area contributed by atoms with Gasteiger partial charge in [-0.25, -0.2) is 0 Å². The average Bonchev–Trinajstić information content (AvgIpc) is 2.90. The van der Waals surface area contributed by atoms with Crippen LogP contribution in [0.25, 0.3) is 0 Å². The van der Waals surface area contributed by atoms with Gasteiger partial charge >= 0.3 is 0 Å². The van der Waals surface area contributed by atoms with Crippen LogP contribution in [-0.4, -0.2) is 28.1 Å². The molecular formula is C11H11N5O3. The Morgan fingerprint density at radius 2 is 2.21 bits per heavy atom. The maximum Gasteiger partial charge on any atom is 0.282 e. The summed E-state index contributed by atoms with van der Waals surface area (Å²) in [5.41, 5.74) is 0.787. The standard InChI is InChI=1S/C11H11N5O3/c1-12-7-2-3-10(16(18)19)9(4-7)11(17)15-8-5-13-14-6-8/h2-6,12H,1H3,(H,13,14)(H,15,17). The number of aromatic amines is 1. The fraction of sp³-hybridized carbons (Fsp3) is 0.0909. The summed E-state index contributed by atoms with van der Waals surface area (Å²) in [5, 5.41) is 22.5. The lowest BCUT2D eigenvalue weighted by molar-refractivity contribution is -0.385. The second-order valence-electron chi connectivity index (χ2n) is 3.68. The Labute approximate surface area is 108 Å². The third-order valence-electron chi connectivity index (χ3n) is 2.48. The predicted octanol–water partition coefficient (Wildman–Crippen LogP) is 1.61. The van der Waals surface area contributed by atoms with Crippen molar-refractivity contribution in [3.63, 3.8) is 0 Å². The van der Waals surface area contributed by atoms with Crippen molar-refractivity contribution < 1.29 is 9.72 Å². The van der Waals surface area contributed by atoms with Gasteiger partial charge in [0, 0.05) is 25.0 Å². The fourth-order valence-corrected chi connectivity index (χ4v) is 1.55. The van der Waals surface area contributed by atoms with E-state index in [0.29, 0.717) is 11.4 Å². The number of carbonyl (C=O) groups is 1. The molecule has 0 fully saturated rings. The van der Waals surface area contributed by atoms with Crippen molar-refractivity contribution in [1.82, 2.24) is 10.2 Å². The van der Waals surface area contributed by atoms with Crippen LogP contribution in [0.3, 0.4) is 0 Å². The molecule has 1 aromatic heterocycles. The molecule has 19 heavy (non-hydrogen) atoms. The molecule has 0 bridgehead atoms. The molecule has 0 saturated carbocycles. The van der Waals surface area contributed by atoms with E-state index in [1.165, 1.54) is 30.6 Å². The van der Waals surface area contributed by atoms with Gasteiger partial charge in [-0.2, -0.15) is 5.10 Å². The Bertz CT molecular complexity index is 609. The van der Waals surface area contributed by atoms with Gasteiger partial charge in [0.1, 0.15) is 5.56 Å². The molecule has 0 aliphatic carbocycles. The number of nitro groups is 1. The molecule has 0 unspecified atom stereocenters. The van der Waals surface area contributed by atoms with Crippen LogP contribution in [0.5, 0.6) is 0 Å². The first-order valence-electron chi connectivity index (χ1n) is 5.38. The molecule has 0 radical (unpaired) electrons. The molecule has 0 aliphatic heterocycles. The highest BCUT2D eigenvalue weighted by atomic mass is 16.6. The third-order valence-corrected chi connectivity index (χ3v) is 2.48. The number of nitro benzene ring substituents is 1. The Kier molecular flexibility index (Phi) is 3.42. The summed E-state index contributed by atoms with van der Waals surface area (Å²) in [6, 6.07) is 4.25. The van der Waals surface area contributed by atoms with Gasteiger partial charge in [0.25, 0.3) is 11.6 Å². The van der Waals surface area contributed by atoms with Crippen molar-refractivity contribution >= 4 is 23.0 Å². The molecule has 0 aliphatic rings. The van der Waals surface area contributed by atoms with Crippen LogP contribution < -0.4 is 10.6 Å². The van der Waals surface area contributed by atoms with Crippen molar-refractivity contribution in [2.24, 2.45) is 0 Å². The lowest BCUT2D eigenvalue weighted by atomic mass is 10.1. The topological polar surface area (TPSA) is 113 Å². The maximum absolute atomic E-state index is 12.0. The quantitative estimate of drug-likeness (QED) is 0.571. The number of rotatable bonds is 4. The van der Waals surface area contributed by atoms with Crippen molar-refractivity contribution in [1.29, 1.82) is 0 Å². The lowest BCUT2D eigenvalue weighted by Crippen LogP contribution is -2.14. The summed E-state index contributed by atoms with van der Waals surface area (Å²) in [5.74, 6) is -0.565. The van der Waals surface area contributed by atoms with Gasteiger partial charge in [0.2, 0.25) is 0 Å². The van der Waals surface area contributed by atoms with Gasteiger partial charge in [-0.3, -0.25) is 20.0 Å². The summed E-state index contributed by atoms with van der Waals surface area (Å²) in [7, 11) is 1.67. The van der Waals surface area contributed by atoms with Crippen LogP contribution in [0.4, 0.5) is 17.1 Å². The number of nitrogens with zero attached hydrogens (tertiary/aromatic N) is 2. The largest absolute Gasteiger partial charge is 0.388 e. The Morgan fingerprint density at radius 1 is 1.42 bits per heavy atom. The van der Waals surface area contributed by atoms with Gasteiger partial charge in [0.05, 0.1) is 16.8 Å². The van der Waals surface area contributed by atoms with Crippen LogP contribution in [-0.2, 0) is 0 Å². The minimum absolute atomic E-state index is 0.0157. The number of hydrogen-bond acceptors (Lipinski definition) is 5. The summed E-state index contributed by atoms with van der Waals surface area (Å²) < 4.78 is 0. The van der Waals surface area contributed by atoms with Crippen LogP contribution in [0.2, 0.25) is 0 Å². The normalized spacial score (nSPS) is 9.95. The van der Waals surface area contributed by atoms with Gasteiger partial charge in [-0.1, -0.05) is 0 Å². The molecule has 2 aromatic rings. The van der Waals surface area contributed by atoms with Gasteiger partial charge in [-0.15, -0.1) is 0 Å². The lowest BCUT2D eigenvalue weighted by Gasteiger charge is -2.06. The zero-order chi connectivity index (χ0) is 13.8. The molecular weight excluding hydrogens is 250 g/mol.